The molecule has 0 radical (unpaired) electrons. The lowest BCUT2D eigenvalue weighted by atomic mass is 10.2. The Hall–Kier alpha value is -2.86. The van der Waals surface area contributed by atoms with Crippen LogP contribution in [0.25, 0.3) is 11.4 Å². The molecule has 7 heteroatoms. The number of carboxylic acids is 1. The summed E-state index contributed by atoms with van der Waals surface area (Å²) in [4.78, 5) is 15.0. The number of hydrogen-bond donors (Lipinski definition) is 1. The van der Waals surface area contributed by atoms with Crippen molar-refractivity contribution >= 4 is 17.6 Å². The number of hydrogen-bond acceptors (Lipinski definition) is 5. The van der Waals surface area contributed by atoms with Gasteiger partial charge in [-0.25, -0.2) is 4.79 Å². The highest BCUT2D eigenvalue weighted by molar-refractivity contribution is 6.30. The average Bonchev–Trinajstić information content (AvgIpc) is 3.02. The Kier molecular flexibility index (Phi) is 4.25. The van der Waals surface area contributed by atoms with Crippen LogP contribution in [0.3, 0.4) is 0 Å². The van der Waals surface area contributed by atoms with Gasteiger partial charge >= 0.3 is 5.97 Å². The number of aromatic carboxylic acids is 1. The summed E-state index contributed by atoms with van der Waals surface area (Å²) in [5, 5.41) is 13.3. The molecule has 0 saturated heterocycles. The maximum Gasteiger partial charge on any atom is 0.335 e. The lowest BCUT2D eigenvalue weighted by molar-refractivity contribution is 0.0697. The molecule has 0 atom stereocenters. The lowest BCUT2D eigenvalue weighted by Gasteiger charge is -2.02. The van der Waals surface area contributed by atoms with Crippen molar-refractivity contribution in [1.29, 1.82) is 0 Å². The van der Waals surface area contributed by atoms with Gasteiger partial charge in [0, 0.05) is 10.6 Å². The minimum absolute atomic E-state index is 0.0833. The first-order valence-electron chi connectivity index (χ1n) is 6.66. The minimum Gasteiger partial charge on any atom is -0.484 e. The highest BCUT2D eigenvalue weighted by Gasteiger charge is 2.10. The van der Waals surface area contributed by atoms with E-state index in [9.17, 15) is 4.79 Å². The molecule has 0 spiro atoms. The van der Waals surface area contributed by atoms with E-state index in [1.54, 1.807) is 30.3 Å². The molecule has 1 aromatic heterocycles. The predicted molar refractivity (Wildman–Crippen MR) is 82.5 cm³/mol. The van der Waals surface area contributed by atoms with Crippen LogP contribution in [-0.4, -0.2) is 21.2 Å². The van der Waals surface area contributed by atoms with E-state index in [4.69, 9.17) is 26.0 Å². The van der Waals surface area contributed by atoms with Crippen LogP contribution in [0.5, 0.6) is 5.75 Å². The number of rotatable bonds is 5. The molecule has 0 amide bonds. The van der Waals surface area contributed by atoms with Gasteiger partial charge in [-0.2, -0.15) is 4.98 Å². The molecule has 116 valence electrons. The number of carboxylic acid groups (broad SMARTS) is 1. The fourth-order valence-corrected chi connectivity index (χ4v) is 2.09. The van der Waals surface area contributed by atoms with Gasteiger partial charge in [-0.3, -0.25) is 0 Å². The summed E-state index contributed by atoms with van der Waals surface area (Å²) in [5.41, 5.74) is 0.941. The Labute approximate surface area is 136 Å². The third-order valence-electron chi connectivity index (χ3n) is 3.01. The van der Waals surface area contributed by atoms with Gasteiger partial charge < -0.3 is 14.4 Å². The molecule has 2 aromatic carbocycles. The van der Waals surface area contributed by atoms with E-state index >= 15 is 0 Å². The van der Waals surface area contributed by atoms with Crippen molar-refractivity contribution < 1.29 is 19.2 Å². The van der Waals surface area contributed by atoms with E-state index in [0.29, 0.717) is 22.5 Å². The van der Waals surface area contributed by atoms with Gasteiger partial charge in [0.2, 0.25) is 5.82 Å². The molecule has 23 heavy (non-hydrogen) atoms. The van der Waals surface area contributed by atoms with Crippen molar-refractivity contribution in [2.24, 2.45) is 0 Å². The highest BCUT2D eigenvalue weighted by atomic mass is 35.5. The van der Waals surface area contributed by atoms with Crippen LogP contribution in [-0.2, 0) is 6.61 Å². The van der Waals surface area contributed by atoms with E-state index in [1.807, 2.05) is 6.07 Å². The Balaban J connectivity index is 1.66. The number of halogens is 1. The van der Waals surface area contributed by atoms with Crippen molar-refractivity contribution in [3.05, 3.63) is 65.0 Å². The van der Waals surface area contributed by atoms with Gasteiger partial charge in [0.05, 0.1) is 5.56 Å². The van der Waals surface area contributed by atoms with E-state index in [0.717, 1.165) is 5.56 Å². The third kappa shape index (κ3) is 3.67. The van der Waals surface area contributed by atoms with E-state index in [1.165, 1.54) is 12.1 Å². The van der Waals surface area contributed by atoms with Gasteiger partial charge in [0.1, 0.15) is 5.75 Å². The summed E-state index contributed by atoms with van der Waals surface area (Å²) in [7, 11) is 0. The van der Waals surface area contributed by atoms with Crippen LogP contribution in [0.4, 0.5) is 0 Å². The second-order valence-corrected chi connectivity index (χ2v) is 5.08. The smallest absolute Gasteiger partial charge is 0.335 e. The maximum absolute atomic E-state index is 10.8. The quantitative estimate of drug-likeness (QED) is 0.768. The van der Waals surface area contributed by atoms with Crippen LogP contribution >= 0.6 is 11.6 Å². The van der Waals surface area contributed by atoms with Crippen molar-refractivity contribution in [3.63, 3.8) is 0 Å². The first-order valence-corrected chi connectivity index (χ1v) is 7.04. The molecule has 1 N–H and O–H groups in total. The first kappa shape index (κ1) is 15.1. The molecule has 0 aliphatic carbocycles. The number of ether oxygens (including phenoxy) is 1. The molecule has 3 rings (SSSR count). The van der Waals surface area contributed by atoms with Crippen molar-refractivity contribution in [1.82, 2.24) is 10.1 Å². The fourth-order valence-electron chi connectivity index (χ4n) is 1.90. The van der Waals surface area contributed by atoms with Gasteiger partial charge in [0.25, 0.3) is 5.89 Å². The highest BCUT2D eigenvalue weighted by Crippen LogP contribution is 2.20. The number of nitrogens with zero attached hydrogens (tertiary/aromatic N) is 2. The van der Waals surface area contributed by atoms with E-state index < -0.39 is 5.97 Å². The van der Waals surface area contributed by atoms with Gasteiger partial charge in [-0.15, -0.1) is 0 Å². The van der Waals surface area contributed by atoms with Crippen LogP contribution in [0.1, 0.15) is 16.2 Å². The van der Waals surface area contributed by atoms with Crippen molar-refractivity contribution in [2.75, 3.05) is 0 Å². The van der Waals surface area contributed by atoms with Crippen molar-refractivity contribution in [2.45, 2.75) is 6.61 Å². The topological polar surface area (TPSA) is 85.5 Å². The molecule has 0 aliphatic heterocycles. The molecule has 3 aromatic rings. The van der Waals surface area contributed by atoms with E-state index in [2.05, 4.69) is 10.1 Å². The Morgan fingerprint density at radius 2 is 2.00 bits per heavy atom. The second-order valence-electron chi connectivity index (χ2n) is 4.64. The first-order chi connectivity index (χ1) is 11.1. The number of carbonyl (C=O) groups is 1. The third-order valence-corrected chi connectivity index (χ3v) is 3.25. The molecule has 0 saturated carbocycles. The SMILES string of the molecule is O=C(O)c1ccc(OCc2nc(-c3cccc(Cl)c3)no2)cc1. The van der Waals surface area contributed by atoms with Crippen molar-refractivity contribution in [3.8, 4) is 17.1 Å². The molecular weight excluding hydrogens is 320 g/mol. The van der Waals surface area contributed by atoms with Gasteiger partial charge in [-0.1, -0.05) is 28.9 Å². The number of aromatic nitrogens is 2. The summed E-state index contributed by atoms with van der Waals surface area (Å²) in [6, 6.07) is 13.2. The number of benzene rings is 2. The summed E-state index contributed by atoms with van der Waals surface area (Å²) in [5.74, 6) is 0.256. The second kappa shape index (κ2) is 6.50. The van der Waals surface area contributed by atoms with Crippen LogP contribution in [0, 0.1) is 0 Å². The zero-order valence-corrected chi connectivity index (χ0v) is 12.5. The predicted octanol–water partition coefficient (Wildman–Crippen LogP) is 3.67. The molecular formula is C16H11ClN2O4. The van der Waals surface area contributed by atoms with Crippen LogP contribution < -0.4 is 4.74 Å². The molecule has 0 bridgehead atoms. The zero-order valence-electron chi connectivity index (χ0n) is 11.8. The van der Waals surface area contributed by atoms with Gasteiger partial charge in [0.15, 0.2) is 6.61 Å². The standard InChI is InChI=1S/C16H11ClN2O4/c17-12-3-1-2-11(8-12)15-18-14(23-19-15)9-22-13-6-4-10(5-7-13)16(20)21/h1-8H,9H2,(H,20,21). The maximum atomic E-state index is 10.8. The summed E-state index contributed by atoms with van der Waals surface area (Å²) >= 11 is 5.93. The summed E-state index contributed by atoms with van der Waals surface area (Å²) < 4.78 is 10.6. The van der Waals surface area contributed by atoms with Crippen LogP contribution in [0.15, 0.2) is 53.1 Å². The average molecular weight is 331 g/mol. The zero-order chi connectivity index (χ0) is 16.2. The Morgan fingerprint density at radius 1 is 1.22 bits per heavy atom. The summed E-state index contributed by atoms with van der Waals surface area (Å²) in [6.45, 7) is 0.0833. The molecule has 0 unspecified atom stereocenters. The molecule has 1 heterocycles. The Morgan fingerprint density at radius 3 is 2.70 bits per heavy atom. The Bertz CT molecular complexity index is 830. The monoisotopic (exact) mass is 330 g/mol. The molecule has 6 nitrogen and oxygen atoms in total. The molecule has 0 aliphatic rings. The summed E-state index contributed by atoms with van der Waals surface area (Å²) in [6.07, 6.45) is 0. The van der Waals surface area contributed by atoms with Gasteiger partial charge in [-0.05, 0) is 36.4 Å². The lowest BCUT2D eigenvalue weighted by Crippen LogP contribution is -1.98. The minimum atomic E-state index is -0.986. The largest absolute Gasteiger partial charge is 0.484 e. The van der Waals surface area contributed by atoms with E-state index in [-0.39, 0.29) is 12.2 Å². The molecule has 0 fully saturated rings. The van der Waals surface area contributed by atoms with Crippen LogP contribution in [0.2, 0.25) is 5.02 Å². The fraction of sp³-hybridized carbons (Fsp3) is 0.0625. The normalized spacial score (nSPS) is 10.5.